The summed E-state index contributed by atoms with van der Waals surface area (Å²) < 4.78 is 37.0. The van der Waals surface area contributed by atoms with E-state index in [0.717, 1.165) is 18.3 Å². The number of nitrogens with one attached hydrogen (secondary N) is 2. The van der Waals surface area contributed by atoms with Crippen LogP contribution in [0, 0.1) is 50.8 Å². The van der Waals surface area contributed by atoms with Crippen molar-refractivity contribution in [2.75, 3.05) is 17.9 Å². The molecule has 21 heteroatoms. The normalized spacial score (nSPS) is 28.6. The molecule has 0 aromatic heterocycles. The van der Waals surface area contributed by atoms with Crippen LogP contribution in [-0.4, -0.2) is 92.1 Å². The van der Waals surface area contributed by atoms with Crippen LogP contribution in [0.5, 0.6) is 23.0 Å². The maximum Gasteiger partial charge on any atom is 0.312 e. The van der Waals surface area contributed by atoms with E-state index in [0.29, 0.717) is 6.07 Å². The summed E-state index contributed by atoms with van der Waals surface area (Å²) >= 11 is 0. The number of nitrogens with zero attached hydrogens (tertiary/aromatic N) is 3. The van der Waals surface area contributed by atoms with Crippen molar-refractivity contribution in [3.05, 3.63) is 91.3 Å². The van der Waals surface area contributed by atoms with Crippen molar-refractivity contribution in [3.63, 3.8) is 0 Å². The predicted octanol–water partition coefficient (Wildman–Crippen LogP) is 7.81. The first kappa shape index (κ1) is 50.3. The Hall–Kier alpha value is -7.10. The number of nitro benzene ring substituents is 2. The van der Waals surface area contributed by atoms with Crippen molar-refractivity contribution < 1.29 is 68.0 Å². The molecule has 9 atom stereocenters. The lowest BCUT2D eigenvalue weighted by Crippen LogP contribution is -2.56. The predicted molar refractivity (Wildman–Crippen MR) is 247 cm³/mol. The molecule has 364 valence electrons. The maximum absolute atomic E-state index is 14.6. The number of non-ortho nitro benzene ring substituents is 1. The molecule has 1 amide bonds. The standard InChI is InChI=1S/C47H55N5O16/c1-21-13-12-14-22(2)45(58)49-36-29(20-48-50-30-16-15-28(51(59)60)19-31(30)52(61)62)38(55)33-34(39(36)56)37(54)24(4)43-35(33)44(57)47(10,68-43)64-18-17-32(63-11)23(3)41(65-27(7)53)26(6)42-25(5)40(21)66-46(8,9)67-42/h12-21,23,25-26,32,40-42,50,54-56H,1-11H3,(H,49,58)/b13-12-,18-17?,22-14-,48-20+/t21-,23+,25+,26-,32-,40-,41+,42+,47-/m0/s1. The van der Waals surface area contributed by atoms with Gasteiger partial charge in [0.2, 0.25) is 0 Å². The summed E-state index contributed by atoms with van der Waals surface area (Å²) in [4.78, 5) is 62.7. The lowest BCUT2D eigenvalue weighted by Gasteiger charge is -2.50. The molecule has 1 saturated heterocycles. The van der Waals surface area contributed by atoms with Crippen molar-refractivity contribution >= 4 is 57.4 Å². The number of hydrazone groups is 1. The van der Waals surface area contributed by atoms with Gasteiger partial charge >= 0.3 is 17.4 Å². The van der Waals surface area contributed by atoms with Gasteiger partial charge in [0.15, 0.2) is 11.5 Å². The number of phenolic OH excluding ortho intramolecular Hbond substituents is 3. The lowest BCUT2D eigenvalue weighted by molar-refractivity contribution is -0.393. The SMILES string of the molecule is CO[C@H]1C=CO[C@@]2(C)Oc3c(C)c(O)c4c(O)c(c(/C=N/Nc5ccc([N+](=O)[O-])cc5[N+](=O)[O-])c(O)c4c3C2=O)NC(=O)/C(C)=C\C=C/[C@H](C)[C@@H]2OC(C)(C)O[C@@H]([C@@H](C)[C@H](OC(C)=O)[C@@H]1C)[C@@H]2C. The lowest BCUT2D eigenvalue weighted by atomic mass is 9.77. The number of ketones is 1. The van der Waals surface area contributed by atoms with Crippen LogP contribution in [0.3, 0.4) is 0 Å². The number of hydrogen-bond acceptors (Lipinski definition) is 18. The molecule has 7 bridgehead atoms. The number of nitro groups is 2. The third-order valence-corrected chi connectivity index (χ3v) is 12.6. The van der Waals surface area contributed by atoms with E-state index in [9.17, 15) is 49.9 Å². The molecule has 7 rings (SSSR count). The van der Waals surface area contributed by atoms with Crippen molar-refractivity contribution in [3.8, 4) is 23.0 Å². The molecule has 3 aromatic rings. The molecule has 68 heavy (non-hydrogen) atoms. The molecule has 3 aromatic carbocycles. The van der Waals surface area contributed by atoms with E-state index in [-0.39, 0.29) is 40.0 Å². The average Bonchev–Trinajstić information content (AvgIpc) is 3.54. The van der Waals surface area contributed by atoms with Gasteiger partial charge in [-0.05, 0) is 39.8 Å². The van der Waals surface area contributed by atoms with E-state index in [1.54, 1.807) is 19.9 Å². The minimum Gasteiger partial charge on any atom is -0.507 e. The van der Waals surface area contributed by atoms with E-state index >= 15 is 0 Å². The number of fused-ring (bicyclic) bond motifs is 10. The highest BCUT2D eigenvalue weighted by molar-refractivity contribution is 6.24. The van der Waals surface area contributed by atoms with Crippen molar-refractivity contribution in [1.29, 1.82) is 0 Å². The van der Waals surface area contributed by atoms with Crippen LogP contribution in [0.25, 0.3) is 10.8 Å². The Morgan fingerprint density at radius 1 is 0.926 bits per heavy atom. The second-order valence-electron chi connectivity index (χ2n) is 17.8. The summed E-state index contributed by atoms with van der Waals surface area (Å²) in [5, 5.41) is 64.7. The number of Topliss-reactive ketones (excluding diaryl/α,β-unsaturated/α-hetero) is 1. The summed E-state index contributed by atoms with van der Waals surface area (Å²) in [6.07, 6.45) is 6.08. The van der Waals surface area contributed by atoms with Crippen LogP contribution < -0.4 is 15.5 Å². The van der Waals surface area contributed by atoms with Crippen LogP contribution in [0.15, 0.2) is 59.4 Å². The zero-order valence-electron chi connectivity index (χ0n) is 39.3. The van der Waals surface area contributed by atoms with Gasteiger partial charge in [0, 0.05) is 67.2 Å². The number of carbonyl (C=O) groups excluding carboxylic acids is 3. The zero-order valence-corrected chi connectivity index (χ0v) is 39.3. The fraction of sp³-hybridized carbons (Fsp3) is 0.447. The molecule has 4 aliphatic heterocycles. The van der Waals surface area contributed by atoms with E-state index in [1.807, 2.05) is 33.8 Å². The fourth-order valence-corrected chi connectivity index (χ4v) is 9.00. The Morgan fingerprint density at radius 3 is 2.24 bits per heavy atom. The topological polar surface area (TPSA) is 290 Å². The summed E-state index contributed by atoms with van der Waals surface area (Å²) in [5.41, 5.74) is -0.429. The number of anilines is 2. The van der Waals surface area contributed by atoms with Crippen LogP contribution in [-0.2, 0) is 33.3 Å². The van der Waals surface area contributed by atoms with Gasteiger partial charge in [0.1, 0.15) is 29.0 Å². The van der Waals surface area contributed by atoms with Crippen LogP contribution in [0.4, 0.5) is 22.7 Å². The molecule has 0 aliphatic carbocycles. The molecule has 4 heterocycles. The molecule has 0 radical (unpaired) electrons. The Kier molecular flexibility index (Phi) is 14.2. The number of hydrogen-bond donors (Lipinski definition) is 5. The Balaban J connectivity index is 1.54. The second kappa shape index (κ2) is 19.2. The van der Waals surface area contributed by atoms with Crippen molar-refractivity contribution in [1.82, 2.24) is 0 Å². The molecule has 5 N–H and O–H groups in total. The summed E-state index contributed by atoms with van der Waals surface area (Å²) in [5.74, 6) is -9.39. The summed E-state index contributed by atoms with van der Waals surface area (Å²) in [6, 6.07) is 2.74. The second-order valence-corrected chi connectivity index (χ2v) is 17.8. The minimum atomic E-state index is -2.15. The van der Waals surface area contributed by atoms with Gasteiger partial charge in [-0.3, -0.25) is 40.0 Å². The monoisotopic (exact) mass is 945 g/mol. The average molecular weight is 946 g/mol. The Labute approximate surface area is 390 Å². The highest BCUT2D eigenvalue weighted by atomic mass is 16.7. The maximum atomic E-state index is 14.6. The molecule has 0 saturated carbocycles. The number of benzene rings is 3. The Morgan fingerprint density at radius 2 is 1.60 bits per heavy atom. The number of phenols is 3. The molecule has 1 fully saturated rings. The third kappa shape index (κ3) is 9.54. The third-order valence-electron chi connectivity index (χ3n) is 12.6. The zero-order chi connectivity index (χ0) is 50.3. The van der Waals surface area contributed by atoms with E-state index in [1.165, 1.54) is 53.2 Å². The first-order valence-electron chi connectivity index (χ1n) is 21.6. The van der Waals surface area contributed by atoms with Gasteiger partial charge in [-0.2, -0.15) is 5.10 Å². The molecule has 0 spiro atoms. The van der Waals surface area contributed by atoms with Gasteiger partial charge in [-0.15, -0.1) is 0 Å². The largest absolute Gasteiger partial charge is 0.507 e. The quantitative estimate of drug-likeness (QED) is 0.0377. The van der Waals surface area contributed by atoms with Gasteiger partial charge in [-0.25, -0.2) is 0 Å². The molecule has 21 nitrogen and oxygen atoms in total. The first-order chi connectivity index (χ1) is 31.8. The molecular formula is C47H55N5O16. The fourth-order valence-electron chi connectivity index (χ4n) is 9.00. The minimum absolute atomic E-state index is 0.0472. The molecule has 0 unspecified atom stereocenters. The van der Waals surface area contributed by atoms with E-state index in [2.05, 4.69) is 15.8 Å². The number of allylic oxidation sites excluding steroid dienone is 2. The molecular weight excluding hydrogens is 891 g/mol. The number of carbonyl (C=O) groups is 3. The highest BCUT2D eigenvalue weighted by Crippen LogP contribution is 2.55. The van der Waals surface area contributed by atoms with Gasteiger partial charge < -0.3 is 49.1 Å². The summed E-state index contributed by atoms with van der Waals surface area (Å²) in [7, 11) is 1.45. The van der Waals surface area contributed by atoms with Crippen molar-refractivity contribution in [2.45, 2.75) is 105 Å². The van der Waals surface area contributed by atoms with E-state index in [4.69, 9.17) is 28.4 Å². The number of rotatable bonds is 7. The Bertz CT molecular complexity index is 2690. The number of aromatic hydroxyl groups is 3. The van der Waals surface area contributed by atoms with E-state index < -0.39 is 126 Å². The van der Waals surface area contributed by atoms with Crippen LogP contribution in [0.1, 0.15) is 83.8 Å². The van der Waals surface area contributed by atoms with Gasteiger partial charge in [0.05, 0.1) is 68.9 Å². The number of amides is 1. The van der Waals surface area contributed by atoms with Gasteiger partial charge in [-0.1, -0.05) is 45.9 Å². The number of ether oxygens (including phenoxy) is 6. The van der Waals surface area contributed by atoms with Crippen LogP contribution >= 0.6 is 0 Å². The van der Waals surface area contributed by atoms with Crippen molar-refractivity contribution in [2.24, 2.45) is 28.8 Å². The van der Waals surface area contributed by atoms with Crippen LogP contribution in [0.2, 0.25) is 0 Å². The number of methoxy groups -OCH3 is 1. The first-order valence-corrected chi connectivity index (χ1v) is 21.6. The van der Waals surface area contributed by atoms with Gasteiger partial charge in [0.25, 0.3) is 17.4 Å². The highest BCUT2D eigenvalue weighted by Gasteiger charge is 2.51. The summed E-state index contributed by atoms with van der Waals surface area (Å²) in [6.45, 7) is 16.7. The molecule has 4 aliphatic rings. The smallest absolute Gasteiger partial charge is 0.312 e. The number of esters is 1.